The summed E-state index contributed by atoms with van der Waals surface area (Å²) in [6.07, 6.45) is 1.37. The van der Waals surface area contributed by atoms with Gasteiger partial charge >= 0.3 is 12.1 Å². The summed E-state index contributed by atoms with van der Waals surface area (Å²) in [5.41, 5.74) is -0.403. The van der Waals surface area contributed by atoms with E-state index in [0.29, 0.717) is 6.61 Å². The Balaban J connectivity index is 0. The van der Waals surface area contributed by atoms with Gasteiger partial charge in [-0.1, -0.05) is 19.9 Å². The van der Waals surface area contributed by atoms with E-state index in [1.165, 1.54) is 13.8 Å². The predicted molar refractivity (Wildman–Crippen MR) is 83.3 cm³/mol. The van der Waals surface area contributed by atoms with Crippen molar-refractivity contribution in [1.82, 2.24) is 0 Å². The average molecular weight is 352 g/mol. The lowest BCUT2D eigenvalue weighted by molar-refractivity contribution is -0.411. The minimum atomic E-state index is -1.36. The fraction of sp³-hybridized carbons (Fsp3) is 0.733. The molecule has 0 spiro atoms. The van der Waals surface area contributed by atoms with Crippen molar-refractivity contribution in [2.45, 2.75) is 65.8 Å². The molecule has 0 aromatic carbocycles. The Morgan fingerprint density at radius 3 is 2.08 bits per heavy atom. The van der Waals surface area contributed by atoms with E-state index in [0.717, 1.165) is 18.9 Å². The Morgan fingerprint density at radius 2 is 1.67 bits per heavy atom. The van der Waals surface area contributed by atoms with Crippen LogP contribution in [0, 0.1) is 0 Å². The van der Waals surface area contributed by atoms with Gasteiger partial charge in [0, 0.05) is 19.9 Å². The minimum Gasteiger partial charge on any atom is -0.397 e. The highest BCUT2D eigenvalue weighted by molar-refractivity contribution is 5.81. The Morgan fingerprint density at radius 1 is 1.12 bits per heavy atom. The molecule has 24 heavy (non-hydrogen) atoms. The zero-order valence-corrected chi connectivity index (χ0v) is 15.1. The van der Waals surface area contributed by atoms with E-state index < -0.39 is 23.5 Å². The summed E-state index contributed by atoms with van der Waals surface area (Å²) in [6, 6.07) is 0. The second-order valence-electron chi connectivity index (χ2n) is 5.90. The van der Waals surface area contributed by atoms with Gasteiger partial charge in [-0.25, -0.2) is 24.3 Å². The first-order valence-electron chi connectivity index (χ1n) is 7.34. The van der Waals surface area contributed by atoms with E-state index in [2.05, 4.69) is 21.2 Å². The van der Waals surface area contributed by atoms with Crippen molar-refractivity contribution < 1.29 is 44.0 Å². The van der Waals surface area contributed by atoms with Crippen LogP contribution in [0.2, 0.25) is 0 Å². The van der Waals surface area contributed by atoms with Crippen LogP contribution in [-0.4, -0.2) is 35.4 Å². The van der Waals surface area contributed by atoms with Crippen molar-refractivity contribution >= 4 is 12.1 Å². The van der Waals surface area contributed by atoms with Crippen LogP contribution in [-0.2, 0) is 34.0 Å². The number of ether oxygens (including phenoxy) is 1. The van der Waals surface area contributed by atoms with Gasteiger partial charge in [0.1, 0.15) is 0 Å². The molecular formula is C15H28O9. The molecule has 0 radical (unpaired) electrons. The van der Waals surface area contributed by atoms with E-state index in [4.69, 9.17) is 19.8 Å². The molecule has 1 N–H and O–H groups in total. The SMILES string of the molecule is C=CC(=O)OOC(=O)OC(C)(C)OOCCCC.CC(C)(C)OO. The first kappa shape index (κ1) is 24.6. The third-order valence-electron chi connectivity index (χ3n) is 1.80. The maximum atomic E-state index is 11.1. The maximum Gasteiger partial charge on any atom is 0.552 e. The number of hydrogen-bond donors (Lipinski definition) is 1. The number of rotatable bonds is 7. The van der Waals surface area contributed by atoms with Crippen LogP contribution < -0.4 is 0 Å². The number of carbonyl (C=O) groups excluding carboxylic acids is 2. The lowest BCUT2D eigenvalue weighted by atomic mass is 10.2. The summed E-state index contributed by atoms with van der Waals surface area (Å²) in [5, 5.41) is 7.90. The van der Waals surface area contributed by atoms with Crippen LogP contribution in [0.5, 0.6) is 0 Å². The molecule has 0 heterocycles. The first-order chi connectivity index (χ1) is 11.0. The molecule has 0 fully saturated rings. The van der Waals surface area contributed by atoms with Crippen LogP contribution in [0.1, 0.15) is 54.4 Å². The van der Waals surface area contributed by atoms with Crippen molar-refractivity contribution in [2.24, 2.45) is 0 Å². The predicted octanol–water partition coefficient (Wildman–Crippen LogP) is 3.54. The first-order valence-corrected chi connectivity index (χ1v) is 7.34. The molecule has 0 bridgehead atoms. The highest BCUT2D eigenvalue weighted by Gasteiger charge is 2.27. The molecule has 0 amide bonds. The highest BCUT2D eigenvalue weighted by atomic mass is 17.3. The van der Waals surface area contributed by atoms with Crippen LogP contribution >= 0.6 is 0 Å². The van der Waals surface area contributed by atoms with Gasteiger partial charge in [0.15, 0.2) is 0 Å². The van der Waals surface area contributed by atoms with Gasteiger partial charge in [-0.05, 0) is 27.2 Å². The maximum absolute atomic E-state index is 11.1. The smallest absolute Gasteiger partial charge is 0.397 e. The monoisotopic (exact) mass is 352 g/mol. The van der Waals surface area contributed by atoms with E-state index in [1.54, 1.807) is 20.8 Å². The molecular weight excluding hydrogens is 324 g/mol. The number of hydrogen-bond acceptors (Lipinski definition) is 9. The summed E-state index contributed by atoms with van der Waals surface area (Å²) >= 11 is 0. The highest BCUT2D eigenvalue weighted by Crippen LogP contribution is 2.13. The van der Waals surface area contributed by atoms with Crippen LogP contribution in [0.3, 0.4) is 0 Å². The van der Waals surface area contributed by atoms with Crippen LogP contribution in [0.25, 0.3) is 0 Å². The summed E-state index contributed by atoms with van der Waals surface area (Å²) in [5.74, 6) is -2.27. The van der Waals surface area contributed by atoms with Gasteiger partial charge in [0.25, 0.3) is 0 Å². The van der Waals surface area contributed by atoms with Crippen molar-refractivity contribution in [3.05, 3.63) is 12.7 Å². The zero-order chi connectivity index (χ0) is 19.2. The largest absolute Gasteiger partial charge is 0.552 e. The zero-order valence-electron chi connectivity index (χ0n) is 15.1. The van der Waals surface area contributed by atoms with Gasteiger partial charge in [-0.2, -0.15) is 9.68 Å². The summed E-state index contributed by atoms with van der Waals surface area (Å²) in [7, 11) is 0. The lowest BCUT2D eigenvalue weighted by Crippen LogP contribution is -2.32. The molecule has 0 atom stereocenters. The Labute approximate surface area is 142 Å². The van der Waals surface area contributed by atoms with Gasteiger partial charge in [-0.3, -0.25) is 5.26 Å². The van der Waals surface area contributed by atoms with Crippen LogP contribution in [0.4, 0.5) is 4.79 Å². The van der Waals surface area contributed by atoms with E-state index in [1.807, 2.05) is 6.92 Å². The second kappa shape index (κ2) is 12.7. The van der Waals surface area contributed by atoms with E-state index >= 15 is 0 Å². The third-order valence-corrected chi connectivity index (χ3v) is 1.80. The molecule has 0 saturated heterocycles. The van der Waals surface area contributed by atoms with Crippen molar-refractivity contribution in [2.75, 3.05) is 6.61 Å². The van der Waals surface area contributed by atoms with Gasteiger partial charge in [0.05, 0.1) is 12.2 Å². The Hall–Kier alpha value is -1.68. The summed E-state index contributed by atoms with van der Waals surface area (Å²) in [4.78, 5) is 43.3. The molecule has 0 saturated carbocycles. The van der Waals surface area contributed by atoms with E-state index in [9.17, 15) is 9.59 Å². The molecule has 0 aliphatic rings. The molecule has 0 rings (SSSR count). The molecule has 0 aromatic rings. The van der Waals surface area contributed by atoms with Gasteiger partial charge in [0.2, 0.25) is 5.79 Å². The summed E-state index contributed by atoms with van der Waals surface area (Å²) < 4.78 is 4.69. The molecule has 0 aromatic heterocycles. The average Bonchev–Trinajstić information content (AvgIpc) is 2.48. The Bertz CT molecular complexity index is 372. The van der Waals surface area contributed by atoms with Crippen molar-refractivity contribution in [3.63, 3.8) is 0 Å². The number of carbonyl (C=O) groups is 2. The van der Waals surface area contributed by atoms with Crippen molar-refractivity contribution in [1.29, 1.82) is 0 Å². The quantitative estimate of drug-likeness (QED) is 0.184. The van der Waals surface area contributed by atoms with Crippen molar-refractivity contribution in [3.8, 4) is 0 Å². The van der Waals surface area contributed by atoms with Gasteiger partial charge < -0.3 is 4.74 Å². The molecule has 9 nitrogen and oxygen atoms in total. The standard InChI is InChI=1S/C11H18O7.C4H10O2/c1-5-7-8-14-18-11(3,4)15-10(13)17-16-9(12)6-2;1-4(2,3)6-5/h6H,2,5,7-8H2,1,3-4H3;5H,1-3H3. The molecule has 0 unspecified atom stereocenters. The molecule has 9 heteroatoms. The third kappa shape index (κ3) is 18.4. The van der Waals surface area contributed by atoms with Crippen LogP contribution in [0.15, 0.2) is 12.7 Å². The van der Waals surface area contributed by atoms with Gasteiger partial charge in [-0.15, -0.1) is 0 Å². The minimum absolute atomic E-state index is 0.379. The summed E-state index contributed by atoms with van der Waals surface area (Å²) in [6.45, 7) is 13.7. The molecule has 0 aliphatic carbocycles. The topological polar surface area (TPSA) is 110 Å². The fourth-order valence-corrected chi connectivity index (χ4v) is 0.731. The fourth-order valence-electron chi connectivity index (χ4n) is 0.731. The van der Waals surface area contributed by atoms with E-state index in [-0.39, 0.29) is 0 Å². The second-order valence-corrected chi connectivity index (χ2v) is 5.90. The number of unbranched alkanes of at least 4 members (excludes halogenated alkanes) is 1. The lowest BCUT2D eigenvalue weighted by Gasteiger charge is -2.22. The molecule has 0 aliphatic heterocycles. The molecule has 142 valence electrons. The normalized spacial score (nSPS) is 11.0. The Kier molecular flexibility index (Phi) is 13.0.